The molecular weight excluding hydrogens is 431 g/mol. The lowest BCUT2D eigenvalue weighted by molar-refractivity contribution is 0.0997. The molecule has 1 amide bonds. The Morgan fingerprint density at radius 3 is 2.53 bits per heavy atom. The summed E-state index contributed by atoms with van der Waals surface area (Å²) in [5.41, 5.74) is 13.1. The predicted octanol–water partition coefficient (Wildman–Crippen LogP) is 3.84. The second-order valence-corrected chi connectivity index (χ2v) is 7.81. The third-order valence-corrected chi connectivity index (χ3v) is 5.46. The molecule has 7 nitrogen and oxygen atoms in total. The number of aryl methyl sites for hydroxylation is 1. The van der Waals surface area contributed by atoms with E-state index in [4.69, 9.17) is 15.9 Å². The number of carbonyl (C=O) groups excluding carboxylic acids is 1. The maximum Gasteiger partial charge on any atom is 0.434 e. The first-order valence-electron chi connectivity index (χ1n) is 9.76. The van der Waals surface area contributed by atoms with Gasteiger partial charge in [-0.05, 0) is 35.9 Å². The molecule has 0 saturated heterocycles. The number of halogens is 1. The van der Waals surface area contributed by atoms with Gasteiger partial charge in [0, 0.05) is 16.4 Å². The number of thiol groups is 1. The number of carbonyl (C=O) groups is 1. The van der Waals surface area contributed by atoms with Crippen LogP contribution < -0.4 is 17.2 Å². The molecule has 0 bridgehead atoms. The number of aromatic amines is 1. The van der Waals surface area contributed by atoms with Gasteiger partial charge in [0.05, 0.1) is 11.6 Å². The Balaban J connectivity index is 0.000000222. The van der Waals surface area contributed by atoms with Crippen LogP contribution in [0.15, 0.2) is 68.7 Å². The Bertz CT molecular complexity index is 1320. The Hall–Kier alpha value is -3.43. The second kappa shape index (κ2) is 9.80. The van der Waals surface area contributed by atoms with Crippen molar-refractivity contribution in [3.8, 4) is 0 Å². The Kier molecular flexibility index (Phi) is 7.12. The third kappa shape index (κ3) is 5.06. The predicted molar refractivity (Wildman–Crippen MR) is 123 cm³/mol. The summed E-state index contributed by atoms with van der Waals surface area (Å²) in [6, 6.07) is 15.3. The van der Waals surface area contributed by atoms with Crippen LogP contribution in [0.1, 0.15) is 46.3 Å². The van der Waals surface area contributed by atoms with Crippen molar-refractivity contribution in [2.75, 3.05) is 0 Å². The van der Waals surface area contributed by atoms with E-state index in [1.807, 2.05) is 37.3 Å². The summed E-state index contributed by atoms with van der Waals surface area (Å²) >= 11 is 4.08. The number of hydrogen-bond acceptors (Lipinski definition) is 6. The Labute approximate surface area is 189 Å². The lowest BCUT2D eigenvalue weighted by atomic mass is 9.89. The molecule has 1 aromatic heterocycles. The van der Waals surface area contributed by atoms with Crippen molar-refractivity contribution in [1.82, 2.24) is 10.2 Å². The molecule has 0 aliphatic heterocycles. The van der Waals surface area contributed by atoms with Gasteiger partial charge < -0.3 is 15.9 Å². The normalized spacial score (nSPS) is 12.7. The summed E-state index contributed by atoms with van der Waals surface area (Å²) in [6.45, 7) is 3.68. The molecule has 5 N–H and O–H groups in total. The van der Waals surface area contributed by atoms with E-state index in [2.05, 4.69) is 22.8 Å². The Morgan fingerprint density at radius 2 is 1.91 bits per heavy atom. The maximum atomic E-state index is 14.3. The molecule has 166 valence electrons. The molecule has 2 atom stereocenters. The second-order valence-electron chi connectivity index (χ2n) is 7.33. The molecule has 0 spiro atoms. The molecule has 0 aliphatic carbocycles. The van der Waals surface area contributed by atoms with Crippen LogP contribution in [0.25, 0.3) is 10.8 Å². The quantitative estimate of drug-likeness (QED) is 0.348. The summed E-state index contributed by atoms with van der Waals surface area (Å²) in [5, 5.41) is 7.60. The first-order valence-corrected chi connectivity index (χ1v) is 10.2. The van der Waals surface area contributed by atoms with Crippen LogP contribution in [0.3, 0.4) is 0 Å². The fourth-order valence-electron chi connectivity index (χ4n) is 3.36. The van der Waals surface area contributed by atoms with Crippen molar-refractivity contribution in [1.29, 1.82) is 0 Å². The van der Waals surface area contributed by atoms with E-state index in [1.54, 1.807) is 25.1 Å². The Morgan fingerprint density at radius 1 is 1.19 bits per heavy atom. The van der Waals surface area contributed by atoms with Crippen LogP contribution in [0.4, 0.5) is 4.39 Å². The van der Waals surface area contributed by atoms with E-state index < -0.39 is 23.6 Å². The number of amides is 1. The van der Waals surface area contributed by atoms with Crippen LogP contribution >= 0.6 is 12.6 Å². The largest absolute Gasteiger partial charge is 0.434 e. The van der Waals surface area contributed by atoms with E-state index >= 15 is 0 Å². The monoisotopic (exact) mass is 454 g/mol. The SMILES string of the molecule is CC(c1c(F)ccc2ccccc12)C(N)c1n[nH]c(=O)o1.Cc1ccc(S)c(C(N)=O)c1. The van der Waals surface area contributed by atoms with E-state index in [0.29, 0.717) is 16.0 Å². The maximum absolute atomic E-state index is 14.3. The van der Waals surface area contributed by atoms with Crippen molar-refractivity contribution < 1.29 is 13.6 Å². The highest BCUT2D eigenvalue weighted by atomic mass is 32.1. The summed E-state index contributed by atoms with van der Waals surface area (Å²) in [5.74, 6) is -1.78. The van der Waals surface area contributed by atoms with Crippen LogP contribution in [-0.2, 0) is 0 Å². The molecule has 0 fully saturated rings. The van der Waals surface area contributed by atoms with Crippen LogP contribution in [0, 0.1) is 12.7 Å². The van der Waals surface area contributed by atoms with Gasteiger partial charge in [-0.2, -0.15) is 0 Å². The molecule has 4 aromatic rings. The van der Waals surface area contributed by atoms with Crippen LogP contribution in [-0.4, -0.2) is 16.1 Å². The van der Waals surface area contributed by atoms with E-state index in [9.17, 15) is 14.0 Å². The number of benzene rings is 3. The highest BCUT2D eigenvalue weighted by molar-refractivity contribution is 7.80. The van der Waals surface area contributed by atoms with Gasteiger partial charge in [0.25, 0.3) is 0 Å². The zero-order valence-electron chi connectivity index (χ0n) is 17.5. The van der Waals surface area contributed by atoms with Crippen molar-refractivity contribution in [2.45, 2.75) is 30.7 Å². The lowest BCUT2D eigenvalue weighted by Gasteiger charge is -2.19. The number of aromatic nitrogens is 2. The fraction of sp³-hybridized carbons (Fsp3) is 0.174. The van der Waals surface area contributed by atoms with Crippen molar-refractivity contribution in [2.24, 2.45) is 11.5 Å². The zero-order valence-corrected chi connectivity index (χ0v) is 18.4. The van der Waals surface area contributed by atoms with Gasteiger partial charge in [0.2, 0.25) is 11.8 Å². The lowest BCUT2D eigenvalue weighted by Crippen LogP contribution is -2.19. The first-order chi connectivity index (χ1) is 15.2. The van der Waals surface area contributed by atoms with E-state index in [0.717, 1.165) is 16.3 Å². The van der Waals surface area contributed by atoms with Gasteiger partial charge in [-0.15, -0.1) is 17.7 Å². The summed E-state index contributed by atoms with van der Waals surface area (Å²) in [7, 11) is 0. The number of hydrogen-bond donors (Lipinski definition) is 4. The minimum absolute atomic E-state index is 0.0693. The molecule has 3 aromatic carbocycles. The third-order valence-electron chi connectivity index (χ3n) is 5.07. The molecular formula is C23H23FN4O3S. The zero-order chi connectivity index (χ0) is 23.4. The van der Waals surface area contributed by atoms with Crippen molar-refractivity contribution in [3.63, 3.8) is 0 Å². The van der Waals surface area contributed by atoms with Crippen LogP contribution in [0.2, 0.25) is 0 Å². The van der Waals surface area contributed by atoms with E-state index in [-0.39, 0.29) is 11.7 Å². The van der Waals surface area contributed by atoms with Gasteiger partial charge >= 0.3 is 5.76 Å². The smallest absolute Gasteiger partial charge is 0.391 e. The number of H-pyrrole nitrogens is 1. The molecule has 0 saturated carbocycles. The van der Waals surface area contributed by atoms with E-state index in [1.165, 1.54) is 6.07 Å². The number of primary amides is 1. The summed E-state index contributed by atoms with van der Waals surface area (Å²) in [4.78, 5) is 22.4. The van der Waals surface area contributed by atoms with Crippen molar-refractivity contribution >= 4 is 29.3 Å². The minimum Gasteiger partial charge on any atom is -0.391 e. The number of fused-ring (bicyclic) bond motifs is 1. The summed E-state index contributed by atoms with van der Waals surface area (Å²) < 4.78 is 19.1. The van der Waals surface area contributed by atoms with Gasteiger partial charge in [0.1, 0.15) is 5.82 Å². The molecule has 1 heterocycles. The standard InChI is InChI=1S/C15H14FN3O2.C8H9NOS/c1-8(13(17)14-18-19-15(20)21-14)12-10-5-3-2-4-9(10)6-7-11(12)16;1-5-2-3-7(11)6(4-5)8(9)10/h2-8,13H,17H2,1H3,(H,19,20);2-4,11H,1H3,(H2,9,10). The van der Waals surface area contributed by atoms with Crippen molar-refractivity contribution in [3.05, 3.63) is 93.5 Å². The highest BCUT2D eigenvalue weighted by Gasteiger charge is 2.25. The molecule has 0 aliphatic rings. The summed E-state index contributed by atoms with van der Waals surface area (Å²) in [6.07, 6.45) is 0. The van der Waals surface area contributed by atoms with Gasteiger partial charge in [0.15, 0.2) is 0 Å². The van der Waals surface area contributed by atoms with Gasteiger partial charge in [-0.3, -0.25) is 4.79 Å². The highest BCUT2D eigenvalue weighted by Crippen LogP contribution is 2.34. The first kappa shape index (κ1) is 23.2. The molecule has 9 heteroatoms. The average molecular weight is 455 g/mol. The van der Waals surface area contributed by atoms with Gasteiger partial charge in [-0.25, -0.2) is 14.3 Å². The number of nitrogens with zero attached hydrogens (tertiary/aromatic N) is 1. The van der Waals surface area contributed by atoms with Gasteiger partial charge in [-0.1, -0.05) is 48.9 Å². The fourth-order valence-corrected chi connectivity index (χ4v) is 3.61. The number of nitrogens with two attached hydrogens (primary N) is 2. The minimum atomic E-state index is -0.718. The van der Waals surface area contributed by atoms with Crippen LogP contribution in [0.5, 0.6) is 0 Å². The average Bonchev–Trinajstić information content (AvgIpc) is 3.21. The molecule has 0 radical (unpaired) electrons. The molecule has 32 heavy (non-hydrogen) atoms. The number of rotatable bonds is 4. The topological polar surface area (TPSA) is 128 Å². The molecule has 4 rings (SSSR count). The number of nitrogens with one attached hydrogen (secondary N) is 1. The molecule has 2 unspecified atom stereocenters.